The molecule has 1 atom stereocenters. The minimum absolute atomic E-state index is 0.0945. The molecule has 19 heavy (non-hydrogen) atoms. The molecule has 3 N–H and O–H groups in total. The molecule has 0 aliphatic heterocycles. The fourth-order valence-electron chi connectivity index (χ4n) is 3.15. The van der Waals surface area contributed by atoms with Crippen LogP contribution in [0.3, 0.4) is 0 Å². The van der Waals surface area contributed by atoms with Crippen LogP contribution in [0.2, 0.25) is 0 Å². The molecule has 3 rings (SSSR count). The highest BCUT2D eigenvalue weighted by Crippen LogP contribution is 2.33. The molecule has 0 aromatic heterocycles. The lowest BCUT2D eigenvalue weighted by atomic mass is 9.80. The van der Waals surface area contributed by atoms with Gasteiger partial charge in [0, 0.05) is 6.04 Å². The fraction of sp³-hybridized carbons (Fsp3) is 0.412. The lowest BCUT2D eigenvalue weighted by Crippen LogP contribution is -2.27. The molecule has 2 nitrogen and oxygen atoms in total. The highest BCUT2D eigenvalue weighted by Gasteiger charge is 2.25. The third kappa shape index (κ3) is 2.65. The maximum Gasteiger partial charge on any atom is 0.0540 e. The number of rotatable bonds is 2. The van der Waals surface area contributed by atoms with E-state index in [2.05, 4.69) is 42.5 Å². The Hall–Kier alpha value is -1.38. The average Bonchev–Trinajstić information content (AvgIpc) is 2.47. The second-order valence-electron chi connectivity index (χ2n) is 5.70. The SMILES string of the molecule is NC(c1ccc2ccccc2c1)C1CCC(O)CC1. The van der Waals surface area contributed by atoms with Crippen molar-refractivity contribution < 1.29 is 5.11 Å². The monoisotopic (exact) mass is 255 g/mol. The van der Waals surface area contributed by atoms with E-state index < -0.39 is 0 Å². The number of hydrogen-bond donors (Lipinski definition) is 2. The van der Waals surface area contributed by atoms with Gasteiger partial charge < -0.3 is 10.8 Å². The van der Waals surface area contributed by atoms with E-state index in [1.165, 1.54) is 16.3 Å². The lowest BCUT2D eigenvalue weighted by Gasteiger charge is -2.30. The molecule has 0 saturated heterocycles. The van der Waals surface area contributed by atoms with Crippen LogP contribution in [0.4, 0.5) is 0 Å². The summed E-state index contributed by atoms with van der Waals surface area (Å²) in [4.78, 5) is 0. The Labute approximate surface area is 114 Å². The molecule has 2 heteroatoms. The minimum Gasteiger partial charge on any atom is -0.393 e. The van der Waals surface area contributed by atoms with Gasteiger partial charge in [-0.1, -0.05) is 36.4 Å². The van der Waals surface area contributed by atoms with Crippen molar-refractivity contribution in [2.24, 2.45) is 11.7 Å². The highest BCUT2D eigenvalue weighted by atomic mass is 16.3. The van der Waals surface area contributed by atoms with Crippen molar-refractivity contribution in [3.05, 3.63) is 48.0 Å². The first-order valence-corrected chi connectivity index (χ1v) is 7.16. The van der Waals surface area contributed by atoms with Gasteiger partial charge in [0.2, 0.25) is 0 Å². The minimum atomic E-state index is -0.111. The topological polar surface area (TPSA) is 46.2 Å². The van der Waals surface area contributed by atoms with E-state index in [9.17, 15) is 5.11 Å². The lowest BCUT2D eigenvalue weighted by molar-refractivity contribution is 0.102. The van der Waals surface area contributed by atoms with Crippen LogP contribution in [0.25, 0.3) is 10.8 Å². The van der Waals surface area contributed by atoms with Gasteiger partial charge in [0.15, 0.2) is 0 Å². The summed E-state index contributed by atoms with van der Waals surface area (Å²) in [6, 6.07) is 15.0. The van der Waals surface area contributed by atoms with Crippen LogP contribution in [0, 0.1) is 5.92 Å². The number of nitrogens with two attached hydrogens (primary N) is 1. The maximum absolute atomic E-state index is 9.58. The molecule has 0 radical (unpaired) electrons. The molecular weight excluding hydrogens is 234 g/mol. The van der Waals surface area contributed by atoms with E-state index in [1.807, 2.05) is 0 Å². The summed E-state index contributed by atoms with van der Waals surface area (Å²) < 4.78 is 0. The van der Waals surface area contributed by atoms with Crippen molar-refractivity contribution in [2.45, 2.75) is 37.8 Å². The average molecular weight is 255 g/mol. The summed E-state index contributed by atoms with van der Waals surface area (Å²) in [6.45, 7) is 0. The molecule has 100 valence electrons. The Morgan fingerprint density at radius 3 is 2.37 bits per heavy atom. The molecule has 1 aliphatic carbocycles. The Bertz CT molecular complexity index is 558. The molecule has 2 aromatic rings. The molecule has 1 aliphatic rings. The summed E-state index contributed by atoms with van der Waals surface area (Å²) in [5.41, 5.74) is 7.65. The highest BCUT2D eigenvalue weighted by molar-refractivity contribution is 5.83. The van der Waals surface area contributed by atoms with E-state index in [0.717, 1.165) is 25.7 Å². The van der Waals surface area contributed by atoms with Crippen LogP contribution in [-0.2, 0) is 0 Å². The van der Waals surface area contributed by atoms with Gasteiger partial charge in [-0.25, -0.2) is 0 Å². The van der Waals surface area contributed by atoms with Crippen LogP contribution in [0.1, 0.15) is 37.3 Å². The Morgan fingerprint density at radius 2 is 1.63 bits per heavy atom. The first-order chi connectivity index (χ1) is 9.24. The third-order valence-corrected chi connectivity index (χ3v) is 4.41. The molecule has 0 bridgehead atoms. The van der Waals surface area contributed by atoms with Crippen LogP contribution in [0.15, 0.2) is 42.5 Å². The molecule has 2 aromatic carbocycles. The van der Waals surface area contributed by atoms with Gasteiger partial charge in [-0.15, -0.1) is 0 Å². The first kappa shape index (κ1) is 12.6. The number of benzene rings is 2. The Kier molecular flexibility index (Phi) is 3.54. The maximum atomic E-state index is 9.58. The zero-order valence-corrected chi connectivity index (χ0v) is 11.1. The number of fused-ring (bicyclic) bond motifs is 1. The molecule has 0 amide bonds. The van der Waals surface area contributed by atoms with Crippen molar-refractivity contribution in [1.82, 2.24) is 0 Å². The summed E-state index contributed by atoms with van der Waals surface area (Å²) >= 11 is 0. The second kappa shape index (κ2) is 5.32. The van der Waals surface area contributed by atoms with Gasteiger partial charge in [0.1, 0.15) is 0 Å². The van der Waals surface area contributed by atoms with Gasteiger partial charge >= 0.3 is 0 Å². The van der Waals surface area contributed by atoms with Crippen LogP contribution in [-0.4, -0.2) is 11.2 Å². The fourth-order valence-corrected chi connectivity index (χ4v) is 3.15. The van der Waals surface area contributed by atoms with Crippen molar-refractivity contribution in [3.63, 3.8) is 0 Å². The molecule has 1 saturated carbocycles. The largest absolute Gasteiger partial charge is 0.393 e. The van der Waals surface area contributed by atoms with Crippen molar-refractivity contribution in [3.8, 4) is 0 Å². The van der Waals surface area contributed by atoms with Crippen molar-refractivity contribution in [1.29, 1.82) is 0 Å². The molecule has 0 spiro atoms. The van der Waals surface area contributed by atoms with E-state index >= 15 is 0 Å². The third-order valence-electron chi connectivity index (χ3n) is 4.41. The summed E-state index contributed by atoms with van der Waals surface area (Å²) in [6.07, 6.45) is 3.75. The van der Waals surface area contributed by atoms with E-state index in [0.29, 0.717) is 5.92 Å². The normalized spacial score (nSPS) is 25.4. The van der Waals surface area contributed by atoms with Crippen LogP contribution >= 0.6 is 0 Å². The van der Waals surface area contributed by atoms with Crippen molar-refractivity contribution >= 4 is 10.8 Å². The van der Waals surface area contributed by atoms with Gasteiger partial charge in [-0.2, -0.15) is 0 Å². The quantitative estimate of drug-likeness (QED) is 0.864. The summed E-state index contributed by atoms with van der Waals surface area (Å²) in [7, 11) is 0. The molecular formula is C17H21NO. The van der Waals surface area contributed by atoms with Crippen LogP contribution in [0.5, 0.6) is 0 Å². The number of hydrogen-bond acceptors (Lipinski definition) is 2. The van der Waals surface area contributed by atoms with Gasteiger partial charge in [-0.05, 0) is 54.0 Å². The zero-order chi connectivity index (χ0) is 13.2. The van der Waals surface area contributed by atoms with E-state index in [1.54, 1.807) is 0 Å². The molecule has 1 fully saturated rings. The predicted molar refractivity (Wildman–Crippen MR) is 78.8 cm³/mol. The molecule has 1 unspecified atom stereocenters. The predicted octanol–water partition coefficient (Wildman–Crippen LogP) is 3.39. The van der Waals surface area contributed by atoms with Gasteiger partial charge in [-0.3, -0.25) is 0 Å². The first-order valence-electron chi connectivity index (χ1n) is 7.16. The second-order valence-corrected chi connectivity index (χ2v) is 5.70. The standard InChI is InChI=1S/C17H21NO/c18-17(13-7-9-16(19)10-8-13)15-6-5-12-3-1-2-4-14(12)11-15/h1-6,11,13,16-17,19H,7-10,18H2. The summed E-state index contributed by atoms with van der Waals surface area (Å²) in [5, 5.41) is 12.1. The zero-order valence-electron chi connectivity index (χ0n) is 11.1. The van der Waals surface area contributed by atoms with Gasteiger partial charge in [0.25, 0.3) is 0 Å². The van der Waals surface area contributed by atoms with Crippen molar-refractivity contribution in [2.75, 3.05) is 0 Å². The van der Waals surface area contributed by atoms with E-state index in [-0.39, 0.29) is 12.1 Å². The number of aliphatic hydroxyl groups excluding tert-OH is 1. The van der Waals surface area contributed by atoms with Crippen LogP contribution < -0.4 is 5.73 Å². The van der Waals surface area contributed by atoms with E-state index in [4.69, 9.17) is 5.73 Å². The smallest absolute Gasteiger partial charge is 0.0540 e. The Balaban J connectivity index is 1.83. The number of aliphatic hydroxyl groups is 1. The Morgan fingerprint density at radius 1 is 0.947 bits per heavy atom. The summed E-state index contributed by atoms with van der Waals surface area (Å²) in [5.74, 6) is 0.504. The molecule has 0 heterocycles. The van der Waals surface area contributed by atoms with Gasteiger partial charge in [0.05, 0.1) is 6.10 Å².